The molecule has 3 rings (SSSR count). The molecular formula is C21H22Br2N2O2. The Balaban J connectivity index is 1.58. The van der Waals surface area contributed by atoms with Crippen LogP contribution < -0.4 is 5.43 Å². The highest BCUT2D eigenvalue weighted by Crippen LogP contribution is 2.47. The first-order chi connectivity index (χ1) is 12.7. The summed E-state index contributed by atoms with van der Waals surface area (Å²) in [7, 11) is 0. The van der Waals surface area contributed by atoms with Crippen LogP contribution >= 0.6 is 31.9 Å². The van der Waals surface area contributed by atoms with Crippen LogP contribution in [0.5, 0.6) is 5.75 Å². The summed E-state index contributed by atoms with van der Waals surface area (Å²) in [5, 5.41) is 13.8. The normalized spacial score (nSPS) is 19.3. The molecule has 0 heterocycles. The molecule has 1 aliphatic carbocycles. The van der Waals surface area contributed by atoms with Crippen molar-refractivity contribution in [1.82, 2.24) is 5.43 Å². The van der Waals surface area contributed by atoms with Crippen molar-refractivity contribution in [3.63, 3.8) is 0 Å². The number of benzene rings is 2. The van der Waals surface area contributed by atoms with Crippen LogP contribution in [0.3, 0.4) is 0 Å². The summed E-state index contributed by atoms with van der Waals surface area (Å²) in [5.41, 5.74) is 5.91. The Morgan fingerprint density at radius 1 is 1.19 bits per heavy atom. The van der Waals surface area contributed by atoms with Gasteiger partial charge in [-0.05, 0) is 56.9 Å². The largest absolute Gasteiger partial charge is 0.507 e. The minimum Gasteiger partial charge on any atom is -0.507 e. The number of amides is 1. The number of hydrogen-bond acceptors (Lipinski definition) is 3. The van der Waals surface area contributed by atoms with Crippen LogP contribution in [0.25, 0.3) is 0 Å². The molecule has 0 aromatic heterocycles. The maximum absolute atomic E-state index is 12.3. The highest BCUT2D eigenvalue weighted by molar-refractivity contribution is 9.11. The van der Waals surface area contributed by atoms with Gasteiger partial charge in [0.15, 0.2) is 0 Å². The van der Waals surface area contributed by atoms with Crippen LogP contribution in [0, 0.1) is 5.92 Å². The Labute approximate surface area is 176 Å². The highest BCUT2D eigenvalue weighted by atomic mass is 79.9. The Kier molecular flexibility index (Phi) is 5.77. The molecule has 0 bridgehead atoms. The fourth-order valence-electron chi connectivity index (χ4n) is 2.98. The number of carbonyl (C=O) groups is 1. The standard InChI is InChI=1S/C21H22Br2N2O2/c1-21(2,3)14-6-4-12(5-7-14)15-9-16(15)20(27)25-24-11-13-8-19(26)18(23)10-17(13)22/h4-8,10-11,15-16,26H,9H2,1-3H3,(H,25,27)/b24-11-. The average molecular weight is 494 g/mol. The van der Waals surface area contributed by atoms with Gasteiger partial charge in [0, 0.05) is 16.0 Å². The first kappa shape index (κ1) is 20.1. The predicted octanol–water partition coefficient (Wildman–Crippen LogP) is 5.47. The first-order valence-corrected chi connectivity index (χ1v) is 10.4. The van der Waals surface area contributed by atoms with Crippen LogP contribution in [0.15, 0.2) is 50.4 Å². The van der Waals surface area contributed by atoms with E-state index in [1.54, 1.807) is 12.1 Å². The molecule has 27 heavy (non-hydrogen) atoms. The van der Waals surface area contributed by atoms with Crippen molar-refractivity contribution in [3.8, 4) is 5.75 Å². The number of halogens is 2. The molecule has 2 aromatic carbocycles. The van der Waals surface area contributed by atoms with Crippen LogP contribution in [-0.2, 0) is 10.2 Å². The SMILES string of the molecule is CC(C)(C)c1ccc(C2CC2C(=O)N/N=C\c2cc(O)c(Br)cc2Br)cc1. The third-order valence-corrected chi connectivity index (χ3v) is 6.10. The first-order valence-electron chi connectivity index (χ1n) is 8.78. The summed E-state index contributed by atoms with van der Waals surface area (Å²) < 4.78 is 1.36. The Morgan fingerprint density at radius 3 is 2.48 bits per heavy atom. The summed E-state index contributed by atoms with van der Waals surface area (Å²) in [6.07, 6.45) is 2.36. The molecule has 2 unspecified atom stereocenters. The van der Waals surface area contributed by atoms with Gasteiger partial charge in [0.25, 0.3) is 0 Å². The van der Waals surface area contributed by atoms with Crippen molar-refractivity contribution < 1.29 is 9.90 Å². The van der Waals surface area contributed by atoms with E-state index in [0.717, 1.165) is 10.9 Å². The van der Waals surface area contributed by atoms with Gasteiger partial charge in [-0.3, -0.25) is 4.79 Å². The number of hydrogen-bond donors (Lipinski definition) is 2. The number of carbonyl (C=O) groups excluding carboxylic acids is 1. The molecule has 1 saturated carbocycles. The molecule has 0 saturated heterocycles. The molecule has 1 fully saturated rings. The second-order valence-corrected chi connectivity index (χ2v) is 9.59. The molecule has 6 heteroatoms. The average Bonchev–Trinajstić information content (AvgIpc) is 3.39. The number of nitrogens with zero attached hydrogens (tertiary/aromatic N) is 1. The zero-order chi connectivity index (χ0) is 19.8. The van der Waals surface area contributed by atoms with Crippen LogP contribution in [-0.4, -0.2) is 17.2 Å². The summed E-state index contributed by atoms with van der Waals surface area (Å²) in [4.78, 5) is 12.3. The molecule has 1 amide bonds. The van der Waals surface area contributed by atoms with Gasteiger partial charge in [-0.25, -0.2) is 5.43 Å². The Hall–Kier alpha value is -1.66. The number of hydrazone groups is 1. The van der Waals surface area contributed by atoms with E-state index in [1.165, 1.54) is 17.3 Å². The van der Waals surface area contributed by atoms with Crippen molar-refractivity contribution in [2.75, 3.05) is 0 Å². The Morgan fingerprint density at radius 2 is 1.85 bits per heavy atom. The summed E-state index contributed by atoms with van der Waals surface area (Å²) >= 11 is 6.65. The van der Waals surface area contributed by atoms with Gasteiger partial charge in [0.05, 0.1) is 10.7 Å². The van der Waals surface area contributed by atoms with Gasteiger partial charge in [0.2, 0.25) is 5.91 Å². The third kappa shape index (κ3) is 4.79. The zero-order valence-electron chi connectivity index (χ0n) is 15.5. The molecule has 2 N–H and O–H groups in total. The smallest absolute Gasteiger partial charge is 0.243 e. The predicted molar refractivity (Wildman–Crippen MR) is 115 cm³/mol. The molecule has 0 radical (unpaired) electrons. The lowest BCUT2D eigenvalue weighted by molar-refractivity contribution is -0.122. The van der Waals surface area contributed by atoms with Crippen molar-refractivity contribution >= 4 is 44.0 Å². The fraction of sp³-hybridized carbons (Fsp3) is 0.333. The molecule has 142 valence electrons. The summed E-state index contributed by atoms with van der Waals surface area (Å²) in [5.74, 6) is 0.266. The maximum Gasteiger partial charge on any atom is 0.243 e. The van der Waals surface area contributed by atoms with E-state index in [2.05, 4.69) is 87.4 Å². The number of phenols is 1. The third-order valence-electron chi connectivity index (χ3n) is 4.78. The van der Waals surface area contributed by atoms with E-state index in [9.17, 15) is 9.90 Å². The van der Waals surface area contributed by atoms with Crippen molar-refractivity contribution in [2.45, 2.75) is 38.5 Å². The number of aromatic hydroxyl groups is 1. The molecular weight excluding hydrogens is 472 g/mol. The molecule has 1 aliphatic rings. The lowest BCUT2D eigenvalue weighted by Gasteiger charge is -2.19. The van der Waals surface area contributed by atoms with E-state index in [4.69, 9.17) is 0 Å². The van der Waals surface area contributed by atoms with Gasteiger partial charge in [-0.1, -0.05) is 61.0 Å². The lowest BCUT2D eigenvalue weighted by atomic mass is 9.86. The Bertz CT molecular complexity index is 886. The topological polar surface area (TPSA) is 61.7 Å². The second kappa shape index (κ2) is 7.76. The lowest BCUT2D eigenvalue weighted by Crippen LogP contribution is -2.20. The second-order valence-electron chi connectivity index (χ2n) is 7.88. The van der Waals surface area contributed by atoms with E-state index in [-0.39, 0.29) is 28.9 Å². The van der Waals surface area contributed by atoms with Crippen molar-refractivity contribution in [1.29, 1.82) is 0 Å². The van der Waals surface area contributed by atoms with Gasteiger partial charge in [-0.2, -0.15) is 5.10 Å². The number of rotatable bonds is 4. The minimum atomic E-state index is -0.0754. The number of nitrogens with one attached hydrogen (secondary N) is 1. The highest BCUT2D eigenvalue weighted by Gasteiger charge is 2.44. The molecule has 0 spiro atoms. The quantitative estimate of drug-likeness (QED) is 0.438. The zero-order valence-corrected chi connectivity index (χ0v) is 18.6. The van der Waals surface area contributed by atoms with Gasteiger partial charge >= 0.3 is 0 Å². The van der Waals surface area contributed by atoms with E-state index >= 15 is 0 Å². The van der Waals surface area contributed by atoms with Gasteiger partial charge in [0.1, 0.15) is 5.75 Å². The van der Waals surface area contributed by atoms with Crippen LogP contribution in [0.4, 0.5) is 0 Å². The number of phenolic OH excluding ortho intramolecular Hbond substituents is 1. The molecule has 4 nitrogen and oxygen atoms in total. The summed E-state index contributed by atoms with van der Waals surface area (Å²) in [6, 6.07) is 11.9. The van der Waals surface area contributed by atoms with Crippen LogP contribution in [0.2, 0.25) is 0 Å². The summed E-state index contributed by atoms with van der Waals surface area (Å²) in [6.45, 7) is 6.57. The molecule has 2 aromatic rings. The molecule has 2 atom stereocenters. The molecule has 0 aliphatic heterocycles. The maximum atomic E-state index is 12.3. The van der Waals surface area contributed by atoms with Gasteiger partial charge in [-0.15, -0.1) is 0 Å². The van der Waals surface area contributed by atoms with E-state index < -0.39 is 0 Å². The van der Waals surface area contributed by atoms with Crippen molar-refractivity contribution in [2.24, 2.45) is 11.0 Å². The minimum absolute atomic E-state index is 0.0376. The van der Waals surface area contributed by atoms with Crippen molar-refractivity contribution in [3.05, 3.63) is 62.0 Å². The monoisotopic (exact) mass is 492 g/mol. The van der Waals surface area contributed by atoms with Crippen LogP contribution in [0.1, 0.15) is 49.8 Å². The van der Waals surface area contributed by atoms with Gasteiger partial charge < -0.3 is 5.11 Å². The van der Waals surface area contributed by atoms with E-state index in [0.29, 0.717) is 10.0 Å². The van der Waals surface area contributed by atoms with E-state index in [1.807, 2.05) is 0 Å². The fourth-order valence-corrected chi connectivity index (χ4v) is 4.08.